The molecule has 1 aromatic rings. The molecule has 28 heavy (non-hydrogen) atoms. The number of nitrogens with one attached hydrogen (secondary N) is 2. The minimum absolute atomic E-state index is 0.0179. The Morgan fingerprint density at radius 3 is 2.82 bits per heavy atom. The fourth-order valence-electron chi connectivity index (χ4n) is 4.10. The lowest BCUT2D eigenvalue weighted by molar-refractivity contribution is -0.134. The van der Waals surface area contributed by atoms with Crippen molar-refractivity contribution in [1.29, 1.82) is 0 Å². The van der Waals surface area contributed by atoms with Gasteiger partial charge in [-0.1, -0.05) is 25.0 Å². The van der Waals surface area contributed by atoms with Gasteiger partial charge < -0.3 is 20.3 Å². The van der Waals surface area contributed by atoms with Crippen molar-refractivity contribution in [2.24, 2.45) is 10.9 Å². The van der Waals surface area contributed by atoms with Crippen LogP contribution in [-0.2, 0) is 4.79 Å². The second-order valence-electron chi connectivity index (χ2n) is 8.09. The summed E-state index contributed by atoms with van der Waals surface area (Å²) in [7, 11) is 1.78. The minimum atomic E-state index is 0.0179. The predicted molar refractivity (Wildman–Crippen MR) is 113 cm³/mol. The van der Waals surface area contributed by atoms with Gasteiger partial charge in [0.2, 0.25) is 5.91 Å². The average molecular weight is 387 g/mol. The average Bonchev–Trinajstić information content (AvgIpc) is 3.36. The highest BCUT2D eigenvalue weighted by Gasteiger charge is 2.32. The normalized spacial score (nSPS) is 21.6. The molecule has 1 aliphatic carbocycles. The first kappa shape index (κ1) is 20.5. The lowest BCUT2D eigenvalue weighted by Crippen LogP contribution is -2.47. The molecule has 0 bridgehead atoms. The highest BCUT2D eigenvalue weighted by atomic mass is 16.5. The maximum absolute atomic E-state index is 12.6. The molecule has 1 saturated carbocycles. The van der Waals surface area contributed by atoms with Crippen LogP contribution in [0, 0.1) is 12.8 Å². The van der Waals surface area contributed by atoms with E-state index < -0.39 is 0 Å². The van der Waals surface area contributed by atoms with E-state index in [1.165, 1.54) is 18.4 Å². The minimum Gasteiger partial charge on any atom is -0.489 e. The third-order valence-electron chi connectivity index (χ3n) is 5.65. The Balaban J connectivity index is 1.41. The molecule has 2 unspecified atom stereocenters. The maximum Gasteiger partial charge on any atom is 0.225 e. The van der Waals surface area contributed by atoms with Gasteiger partial charge in [-0.2, -0.15) is 0 Å². The molecule has 0 spiro atoms. The Labute approximate surface area is 168 Å². The number of carbonyl (C=O) groups excluding carboxylic acids is 1. The number of hydrogen-bond acceptors (Lipinski definition) is 3. The number of hydrogen-bond donors (Lipinski definition) is 2. The summed E-state index contributed by atoms with van der Waals surface area (Å²) in [4.78, 5) is 19.0. The van der Waals surface area contributed by atoms with Gasteiger partial charge in [-0.25, -0.2) is 0 Å². The fraction of sp³-hybridized carbons (Fsp3) is 0.636. The van der Waals surface area contributed by atoms with Gasteiger partial charge in [-0.15, -0.1) is 0 Å². The van der Waals surface area contributed by atoms with E-state index in [2.05, 4.69) is 28.6 Å². The zero-order chi connectivity index (χ0) is 19.9. The number of carbonyl (C=O) groups is 1. The molecule has 1 aromatic carbocycles. The zero-order valence-electron chi connectivity index (χ0n) is 17.4. The van der Waals surface area contributed by atoms with Crippen LogP contribution >= 0.6 is 0 Å². The number of aliphatic imine (C=N–C) groups is 1. The maximum atomic E-state index is 12.6. The van der Waals surface area contributed by atoms with Gasteiger partial charge in [0.15, 0.2) is 5.96 Å². The molecule has 1 aliphatic heterocycles. The molecule has 1 saturated heterocycles. The molecule has 6 nitrogen and oxygen atoms in total. The van der Waals surface area contributed by atoms with Gasteiger partial charge in [0, 0.05) is 32.1 Å². The van der Waals surface area contributed by atoms with E-state index >= 15 is 0 Å². The molecule has 0 aromatic heterocycles. The van der Waals surface area contributed by atoms with Crippen molar-refractivity contribution in [3.8, 4) is 5.75 Å². The summed E-state index contributed by atoms with van der Waals surface area (Å²) < 4.78 is 5.97. The van der Waals surface area contributed by atoms with Crippen LogP contribution < -0.4 is 15.4 Å². The Morgan fingerprint density at radius 1 is 1.32 bits per heavy atom. The number of benzene rings is 1. The Bertz CT molecular complexity index is 685. The van der Waals surface area contributed by atoms with Crippen LogP contribution in [0.5, 0.6) is 5.75 Å². The van der Waals surface area contributed by atoms with Crippen LogP contribution in [-0.4, -0.2) is 55.6 Å². The summed E-state index contributed by atoms with van der Waals surface area (Å²) in [6, 6.07) is 8.33. The number of guanidine groups is 1. The molecular formula is C22H34N4O2. The molecule has 2 N–H and O–H groups in total. The molecule has 2 fully saturated rings. The van der Waals surface area contributed by atoms with Crippen LogP contribution in [0.25, 0.3) is 0 Å². The summed E-state index contributed by atoms with van der Waals surface area (Å²) in [6.07, 6.45) is 5.51. The number of aryl methyl sites for hydroxylation is 1. The summed E-state index contributed by atoms with van der Waals surface area (Å²) in [5.74, 6) is 2.26. The summed E-state index contributed by atoms with van der Waals surface area (Å²) in [5.41, 5.74) is 1.19. The summed E-state index contributed by atoms with van der Waals surface area (Å²) >= 11 is 0. The molecule has 1 amide bonds. The molecule has 1 heterocycles. The lowest BCUT2D eigenvalue weighted by atomic mass is 10.1. The van der Waals surface area contributed by atoms with Crippen LogP contribution in [0.15, 0.2) is 29.3 Å². The third kappa shape index (κ3) is 5.63. The van der Waals surface area contributed by atoms with Crippen molar-refractivity contribution in [3.63, 3.8) is 0 Å². The zero-order valence-corrected chi connectivity index (χ0v) is 17.4. The highest BCUT2D eigenvalue weighted by Crippen LogP contribution is 2.27. The fourth-order valence-corrected chi connectivity index (χ4v) is 4.10. The first-order chi connectivity index (χ1) is 13.5. The predicted octanol–water partition coefficient (Wildman–Crippen LogP) is 2.72. The molecule has 3 rings (SSSR count). The van der Waals surface area contributed by atoms with Crippen molar-refractivity contribution in [1.82, 2.24) is 15.5 Å². The molecule has 2 atom stereocenters. The highest BCUT2D eigenvalue weighted by molar-refractivity contribution is 5.81. The number of amides is 1. The second-order valence-corrected chi connectivity index (χ2v) is 8.09. The van der Waals surface area contributed by atoms with Crippen molar-refractivity contribution in [2.45, 2.75) is 58.1 Å². The first-order valence-electron chi connectivity index (χ1n) is 10.5. The van der Waals surface area contributed by atoms with E-state index in [1.807, 2.05) is 30.0 Å². The molecule has 6 heteroatoms. The van der Waals surface area contributed by atoms with E-state index in [-0.39, 0.29) is 18.1 Å². The van der Waals surface area contributed by atoms with Crippen molar-refractivity contribution in [2.75, 3.05) is 26.7 Å². The smallest absolute Gasteiger partial charge is 0.225 e. The van der Waals surface area contributed by atoms with Gasteiger partial charge in [0.1, 0.15) is 11.9 Å². The van der Waals surface area contributed by atoms with Gasteiger partial charge in [0.25, 0.3) is 0 Å². The van der Waals surface area contributed by atoms with E-state index in [9.17, 15) is 4.79 Å². The Hall–Kier alpha value is -2.24. The molecular weight excluding hydrogens is 352 g/mol. The van der Waals surface area contributed by atoms with Crippen LogP contribution in [0.1, 0.15) is 44.6 Å². The number of likely N-dealkylation sites (tertiary alicyclic amines) is 1. The Morgan fingerprint density at radius 2 is 2.11 bits per heavy atom. The van der Waals surface area contributed by atoms with E-state index in [0.29, 0.717) is 12.5 Å². The van der Waals surface area contributed by atoms with Gasteiger partial charge in [0.05, 0.1) is 6.54 Å². The largest absolute Gasteiger partial charge is 0.489 e. The van der Waals surface area contributed by atoms with E-state index in [0.717, 1.165) is 44.1 Å². The number of ether oxygens (including phenoxy) is 1. The van der Waals surface area contributed by atoms with Crippen molar-refractivity contribution < 1.29 is 9.53 Å². The Kier molecular flexibility index (Phi) is 7.18. The lowest BCUT2D eigenvalue weighted by Gasteiger charge is -2.22. The van der Waals surface area contributed by atoms with Gasteiger partial charge >= 0.3 is 0 Å². The molecule has 2 aliphatic rings. The monoisotopic (exact) mass is 386 g/mol. The second kappa shape index (κ2) is 9.80. The number of rotatable bonds is 6. The molecule has 0 radical (unpaired) electrons. The van der Waals surface area contributed by atoms with Crippen LogP contribution in [0.4, 0.5) is 0 Å². The van der Waals surface area contributed by atoms with Crippen molar-refractivity contribution >= 4 is 11.9 Å². The van der Waals surface area contributed by atoms with Crippen LogP contribution in [0.3, 0.4) is 0 Å². The first-order valence-corrected chi connectivity index (χ1v) is 10.5. The van der Waals surface area contributed by atoms with Gasteiger partial charge in [-0.05, 0) is 50.8 Å². The van der Waals surface area contributed by atoms with Crippen molar-refractivity contribution in [3.05, 3.63) is 29.8 Å². The van der Waals surface area contributed by atoms with E-state index in [4.69, 9.17) is 4.74 Å². The topological polar surface area (TPSA) is 66.0 Å². The summed E-state index contributed by atoms with van der Waals surface area (Å²) in [6.45, 7) is 6.37. The molecule has 154 valence electrons. The van der Waals surface area contributed by atoms with Gasteiger partial charge in [-0.3, -0.25) is 9.79 Å². The standard InChI is InChI=1S/C22H34N4O2/c1-16-7-6-10-20(13-16)28-17(2)14-24-22(23-3)25-19-11-12-26(15-19)21(27)18-8-4-5-9-18/h6-7,10,13,17-19H,4-5,8-9,11-12,14-15H2,1-3H3,(H2,23,24,25). The summed E-state index contributed by atoms with van der Waals surface area (Å²) in [5, 5.41) is 6.80. The van der Waals surface area contributed by atoms with Crippen LogP contribution in [0.2, 0.25) is 0 Å². The number of nitrogens with zero attached hydrogens (tertiary/aromatic N) is 2. The van der Waals surface area contributed by atoms with E-state index in [1.54, 1.807) is 7.05 Å². The third-order valence-corrected chi connectivity index (χ3v) is 5.65. The quantitative estimate of drug-likeness (QED) is 0.583. The SMILES string of the molecule is CN=C(NCC(C)Oc1cccc(C)c1)NC1CCN(C(=O)C2CCCC2)C1.